The molecular formula is C16H15ClN3O-. The van der Waals surface area contributed by atoms with Crippen LogP contribution in [0.15, 0.2) is 65.2 Å². The molecule has 4 nitrogen and oxygen atoms in total. The van der Waals surface area contributed by atoms with E-state index in [9.17, 15) is 0 Å². The van der Waals surface area contributed by atoms with Crippen molar-refractivity contribution in [3.63, 3.8) is 0 Å². The van der Waals surface area contributed by atoms with E-state index in [1.807, 2.05) is 60.7 Å². The molecule has 0 amide bonds. The van der Waals surface area contributed by atoms with E-state index >= 15 is 0 Å². The number of nitrogens with two attached hydrogens (primary N) is 1. The van der Waals surface area contributed by atoms with Gasteiger partial charge in [-0.1, -0.05) is 65.8 Å². The fourth-order valence-corrected chi connectivity index (χ4v) is 2.05. The summed E-state index contributed by atoms with van der Waals surface area (Å²) >= 11 is 0. The standard InChI is InChI=1S/C16H15N3O.ClH/c17-14(11-12-7-3-1-4-8-12)16-18-15(19-20-16)13-9-5-2-6-10-13;/h1-10,14H,11,17H2;1H/p-1. The summed E-state index contributed by atoms with van der Waals surface area (Å²) in [4.78, 5) is 4.37. The first-order valence-corrected chi connectivity index (χ1v) is 6.51. The molecule has 108 valence electrons. The lowest BCUT2D eigenvalue weighted by atomic mass is 10.1. The van der Waals surface area contributed by atoms with Crippen LogP contribution in [0.1, 0.15) is 17.5 Å². The number of hydrogen-bond acceptors (Lipinski definition) is 4. The van der Waals surface area contributed by atoms with Crippen LogP contribution in [0.2, 0.25) is 0 Å². The maximum Gasteiger partial charge on any atom is 0.244 e. The second kappa shape index (κ2) is 7.02. The summed E-state index contributed by atoms with van der Waals surface area (Å²) in [6, 6.07) is 19.5. The summed E-state index contributed by atoms with van der Waals surface area (Å²) in [5, 5.41) is 3.98. The zero-order valence-corrected chi connectivity index (χ0v) is 12.1. The highest BCUT2D eigenvalue weighted by atomic mass is 35.5. The molecule has 2 aromatic carbocycles. The van der Waals surface area contributed by atoms with Crippen LogP contribution in [-0.2, 0) is 6.42 Å². The summed E-state index contributed by atoms with van der Waals surface area (Å²) in [6.07, 6.45) is 0.678. The molecular weight excluding hydrogens is 286 g/mol. The topological polar surface area (TPSA) is 64.9 Å². The fourth-order valence-electron chi connectivity index (χ4n) is 2.05. The average Bonchev–Trinajstić information content (AvgIpc) is 2.99. The lowest BCUT2D eigenvalue weighted by molar-refractivity contribution is -0.00000460. The molecule has 0 spiro atoms. The molecule has 1 unspecified atom stereocenters. The summed E-state index contributed by atoms with van der Waals surface area (Å²) in [6.45, 7) is 0. The second-order valence-electron chi connectivity index (χ2n) is 4.62. The summed E-state index contributed by atoms with van der Waals surface area (Å²) in [5.41, 5.74) is 8.20. The van der Waals surface area contributed by atoms with Gasteiger partial charge in [0.25, 0.3) is 0 Å². The molecule has 0 aliphatic heterocycles. The van der Waals surface area contributed by atoms with E-state index in [0.29, 0.717) is 18.1 Å². The number of aromatic nitrogens is 2. The smallest absolute Gasteiger partial charge is 0.244 e. The molecule has 0 fully saturated rings. The van der Waals surface area contributed by atoms with Gasteiger partial charge in [0.1, 0.15) is 0 Å². The van der Waals surface area contributed by atoms with Crippen molar-refractivity contribution in [3.8, 4) is 11.4 Å². The molecule has 1 atom stereocenters. The van der Waals surface area contributed by atoms with Crippen LogP contribution in [0.4, 0.5) is 0 Å². The summed E-state index contributed by atoms with van der Waals surface area (Å²) in [5.74, 6) is 1.04. The van der Waals surface area contributed by atoms with Crippen LogP contribution in [0.25, 0.3) is 11.4 Å². The first kappa shape index (κ1) is 15.2. The Balaban J connectivity index is 0.00000161. The number of benzene rings is 2. The van der Waals surface area contributed by atoms with Crippen molar-refractivity contribution in [2.24, 2.45) is 5.73 Å². The third-order valence-corrected chi connectivity index (χ3v) is 3.09. The predicted octanol–water partition coefficient (Wildman–Crippen LogP) is -0.0169. The molecule has 1 heterocycles. The van der Waals surface area contributed by atoms with Crippen LogP contribution in [0, 0.1) is 0 Å². The molecule has 0 saturated carbocycles. The Kier molecular flexibility index (Phi) is 5.09. The lowest BCUT2D eigenvalue weighted by Crippen LogP contribution is -3.00. The van der Waals surface area contributed by atoms with Gasteiger partial charge in [-0.2, -0.15) is 4.98 Å². The maximum absolute atomic E-state index is 6.12. The van der Waals surface area contributed by atoms with Gasteiger partial charge in [-0.25, -0.2) is 0 Å². The molecule has 3 rings (SSSR count). The predicted molar refractivity (Wildman–Crippen MR) is 76.8 cm³/mol. The van der Waals surface area contributed by atoms with Crippen LogP contribution >= 0.6 is 0 Å². The van der Waals surface area contributed by atoms with Crippen molar-refractivity contribution < 1.29 is 16.9 Å². The maximum atomic E-state index is 6.12. The molecule has 3 aromatic rings. The zero-order chi connectivity index (χ0) is 13.8. The van der Waals surface area contributed by atoms with E-state index in [2.05, 4.69) is 10.1 Å². The molecule has 0 saturated heterocycles. The van der Waals surface area contributed by atoms with Crippen molar-refractivity contribution in [2.45, 2.75) is 12.5 Å². The molecule has 0 aliphatic carbocycles. The highest BCUT2D eigenvalue weighted by Gasteiger charge is 2.15. The Bertz CT molecular complexity index is 670. The quantitative estimate of drug-likeness (QED) is 0.736. The highest BCUT2D eigenvalue weighted by molar-refractivity contribution is 5.53. The Morgan fingerprint density at radius 2 is 1.57 bits per heavy atom. The average molecular weight is 301 g/mol. The molecule has 5 heteroatoms. The van der Waals surface area contributed by atoms with E-state index < -0.39 is 0 Å². The number of halogens is 1. The third kappa shape index (κ3) is 3.68. The SMILES string of the molecule is NC(Cc1ccccc1)c1nc(-c2ccccc2)no1.[Cl-]. The minimum Gasteiger partial charge on any atom is -1.00 e. The van der Waals surface area contributed by atoms with Crippen molar-refractivity contribution >= 4 is 0 Å². The Hall–Kier alpha value is -2.17. The van der Waals surface area contributed by atoms with E-state index in [1.165, 1.54) is 0 Å². The van der Waals surface area contributed by atoms with Gasteiger partial charge in [-0.15, -0.1) is 0 Å². The van der Waals surface area contributed by atoms with E-state index in [0.717, 1.165) is 11.1 Å². The van der Waals surface area contributed by atoms with Crippen LogP contribution in [0.5, 0.6) is 0 Å². The van der Waals surface area contributed by atoms with Crippen molar-refractivity contribution in [3.05, 3.63) is 72.1 Å². The monoisotopic (exact) mass is 300 g/mol. The molecule has 2 N–H and O–H groups in total. The molecule has 0 bridgehead atoms. The molecule has 0 aliphatic rings. The van der Waals surface area contributed by atoms with Gasteiger partial charge in [0.2, 0.25) is 11.7 Å². The summed E-state index contributed by atoms with van der Waals surface area (Å²) < 4.78 is 5.27. The fraction of sp³-hybridized carbons (Fsp3) is 0.125. The van der Waals surface area contributed by atoms with Gasteiger partial charge < -0.3 is 22.7 Å². The van der Waals surface area contributed by atoms with Crippen LogP contribution in [0.3, 0.4) is 0 Å². The largest absolute Gasteiger partial charge is 1.00 e. The Morgan fingerprint density at radius 1 is 0.952 bits per heavy atom. The lowest BCUT2D eigenvalue weighted by Gasteiger charge is -2.05. The van der Waals surface area contributed by atoms with E-state index in [4.69, 9.17) is 10.3 Å². The Morgan fingerprint density at radius 3 is 2.24 bits per heavy atom. The third-order valence-electron chi connectivity index (χ3n) is 3.09. The van der Waals surface area contributed by atoms with E-state index in [-0.39, 0.29) is 18.4 Å². The van der Waals surface area contributed by atoms with Gasteiger partial charge in [-0.3, -0.25) is 0 Å². The number of hydrogen-bond donors (Lipinski definition) is 1. The van der Waals surface area contributed by atoms with Gasteiger partial charge >= 0.3 is 0 Å². The molecule has 0 radical (unpaired) electrons. The zero-order valence-electron chi connectivity index (χ0n) is 11.3. The first-order valence-electron chi connectivity index (χ1n) is 6.51. The van der Waals surface area contributed by atoms with Crippen molar-refractivity contribution in [2.75, 3.05) is 0 Å². The van der Waals surface area contributed by atoms with Gasteiger partial charge in [0.15, 0.2) is 0 Å². The van der Waals surface area contributed by atoms with Crippen molar-refractivity contribution in [1.29, 1.82) is 0 Å². The minimum absolute atomic E-state index is 0. The van der Waals surface area contributed by atoms with Crippen molar-refractivity contribution in [1.82, 2.24) is 10.1 Å². The molecule has 1 aromatic heterocycles. The van der Waals surface area contributed by atoms with Crippen LogP contribution in [-0.4, -0.2) is 10.1 Å². The van der Waals surface area contributed by atoms with Gasteiger partial charge in [0.05, 0.1) is 6.04 Å². The summed E-state index contributed by atoms with van der Waals surface area (Å²) in [7, 11) is 0. The normalized spacial score (nSPS) is 11.7. The number of nitrogens with zero attached hydrogens (tertiary/aromatic N) is 2. The molecule has 21 heavy (non-hydrogen) atoms. The van der Waals surface area contributed by atoms with Crippen LogP contribution < -0.4 is 18.1 Å². The van der Waals surface area contributed by atoms with E-state index in [1.54, 1.807) is 0 Å². The van der Waals surface area contributed by atoms with Gasteiger partial charge in [0, 0.05) is 5.56 Å². The Labute approximate surface area is 129 Å². The second-order valence-corrected chi connectivity index (χ2v) is 4.62. The first-order chi connectivity index (χ1) is 9.83. The minimum atomic E-state index is -0.289. The highest BCUT2D eigenvalue weighted by Crippen LogP contribution is 2.19. The number of rotatable bonds is 4. The van der Waals surface area contributed by atoms with Gasteiger partial charge in [-0.05, 0) is 12.0 Å².